The van der Waals surface area contributed by atoms with E-state index in [2.05, 4.69) is 5.32 Å². The second-order valence-electron chi connectivity index (χ2n) is 6.92. The van der Waals surface area contributed by atoms with Gasteiger partial charge in [0, 0.05) is 10.3 Å². The monoisotopic (exact) mass is 461 g/mol. The minimum Gasteiger partial charge on any atom is -0.454 e. The zero-order valence-electron chi connectivity index (χ0n) is 15.4. The highest BCUT2D eigenvalue weighted by Gasteiger charge is 2.22. The summed E-state index contributed by atoms with van der Waals surface area (Å²) in [5, 5.41) is 3.03. The smallest absolute Gasteiger partial charge is 0.341 e. The van der Waals surface area contributed by atoms with Crippen LogP contribution in [0.2, 0.25) is 15.1 Å². The predicted molar refractivity (Wildman–Crippen MR) is 112 cm³/mol. The Bertz CT molecular complexity index is 918. The minimum absolute atomic E-state index is 0.0281. The van der Waals surface area contributed by atoms with Crippen LogP contribution >= 0.6 is 46.1 Å². The first-order chi connectivity index (χ1) is 13.0. The highest BCUT2D eigenvalue weighted by atomic mass is 35.5. The SMILES string of the molecule is CC(C)(C)C(=O)NCc1ccc(C(=O)COC(=O)c2c(Cl)ccc(Cl)c2Cl)s1. The average Bonchev–Trinajstić information content (AvgIpc) is 3.09. The van der Waals surface area contributed by atoms with E-state index < -0.39 is 18.0 Å². The van der Waals surface area contributed by atoms with Gasteiger partial charge in [-0.1, -0.05) is 55.6 Å². The van der Waals surface area contributed by atoms with Crippen LogP contribution < -0.4 is 5.32 Å². The summed E-state index contributed by atoms with van der Waals surface area (Å²) in [6, 6.07) is 6.25. The van der Waals surface area contributed by atoms with Crippen molar-refractivity contribution in [2.45, 2.75) is 27.3 Å². The highest BCUT2D eigenvalue weighted by molar-refractivity contribution is 7.14. The number of ether oxygens (including phenoxy) is 1. The normalized spacial score (nSPS) is 11.2. The Morgan fingerprint density at radius 1 is 1.04 bits per heavy atom. The Morgan fingerprint density at radius 2 is 1.68 bits per heavy atom. The molecule has 0 fully saturated rings. The second kappa shape index (κ2) is 9.27. The summed E-state index contributed by atoms with van der Waals surface area (Å²) in [5.41, 5.74) is -0.576. The Labute approximate surface area is 181 Å². The lowest BCUT2D eigenvalue weighted by Gasteiger charge is -2.17. The molecule has 1 heterocycles. The molecule has 0 saturated heterocycles. The first kappa shape index (κ1) is 22.7. The van der Waals surface area contributed by atoms with Crippen LogP contribution in [-0.4, -0.2) is 24.3 Å². The van der Waals surface area contributed by atoms with Crippen molar-refractivity contribution < 1.29 is 19.1 Å². The fraction of sp³-hybridized carbons (Fsp3) is 0.316. The van der Waals surface area contributed by atoms with Crippen LogP contribution in [-0.2, 0) is 16.1 Å². The molecule has 0 aliphatic heterocycles. The molecule has 1 aromatic carbocycles. The number of carbonyl (C=O) groups excluding carboxylic acids is 3. The number of nitrogens with one attached hydrogen (secondary N) is 1. The zero-order chi connectivity index (χ0) is 21.1. The van der Waals surface area contributed by atoms with Gasteiger partial charge in [0.05, 0.1) is 32.1 Å². The molecular weight excluding hydrogens is 445 g/mol. The van der Waals surface area contributed by atoms with Crippen molar-refractivity contribution in [3.05, 3.63) is 54.7 Å². The van der Waals surface area contributed by atoms with Gasteiger partial charge in [-0.2, -0.15) is 0 Å². The Kier molecular flexibility index (Phi) is 7.51. The van der Waals surface area contributed by atoms with Crippen molar-refractivity contribution >= 4 is 63.8 Å². The number of rotatable bonds is 6. The third-order valence-corrected chi connectivity index (χ3v) is 5.87. The Balaban J connectivity index is 1.96. The summed E-state index contributed by atoms with van der Waals surface area (Å²) in [5.74, 6) is -1.29. The molecule has 2 aromatic rings. The molecule has 9 heteroatoms. The van der Waals surface area contributed by atoms with Crippen LogP contribution in [0.25, 0.3) is 0 Å². The van der Waals surface area contributed by atoms with E-state index >= 15 is 0 Å². The number of ketones is 1. The number of hydrogen-bond acceptors (Lipinski definition) is 5. The van der Waals surface area contributed by atoms with E-state index in [-0.39, 0.29) is 32.3 Å². The van der Waals surface area contributed by atoms with Crippen LogP contribution in [0.15, 0.2) is 24.3 Å². The fourth-order valence-corrected chi connectivity index (χ4v) is 3.60. The largest absolute Gasteiger partial charge is 0.454 e. The number of hydrogen-bond donors (Lipinski definition) is 1. The van der Waals surface area contributed by atoms with Gasteiger partial charge >= 0.3 is 5.97 Å². The van der Waals surface area contributed by atoms with Crippen LogP contribution in [0.1, 0.15) is 45.7 Å². The fourth-order valence-electron chi connectivity index (χ4n) is 2.04. The first-order valence-electron chi connectivity index (χ1n) is 8.21. The molecule has 0 saturated carbocycles. The molecule has 0 atom stereocenters. The summed E-state index contributed by atoms with van der Waals surface area (Å²) in [6.07, 6.45) is 0. The predicted octanol–water partition coefficient (Wildman–Crippen LogP) is 5.41. The highest BCUT2D eigenvalue weighted by Crippen LogP contribution is 2.32. The Morgan fingerprint density at radius 3 is 2.32 bits per heavy atom. The molecule has 5 nitrogen and oxygen atoms in total. The number of halogens is 3. The average molecular weight is 463 g/mol. The molecule has 0 aliphatic carbocycles. The third-order valence-electron chi connectivity index (χ3n) is 3.62. The maximum atomic E-state index is 12.3. The number of Topliss-reactive ketones (excluding diaryl/α,β-unsaturated/α-hetero) is 1. The third kappa shape index (κ3) is 5.70. The van der Waals surface area contributed by atoms with Gasteiger partial charge in [0.25, 0.3) is 0 Å². The van der Waals surface area contributed by atoms with Gasteiger partial charge in [-0.3, -0.25) is 9.59 Å². The van der Waals surface area contributed by atoms with Gasteiger partial charge in [0.2, 0.25) is 11.7 Å². The maximum Gasteiger partial charge on any atom is 0.341 e. The molecule has 1 N–H and O–H groups in total. The quantitative estimate of drug-likeness (QED) is 0.354. The summed E-state index contributed by atoms with van der Waals surface area (Å²) in [6.45, 7) is 5.31. The topological polar surface area (TPSA) is 72.5 Å². The maximum absolute atomic E-state index is 12.3. The molecule has 1 aromatic heterocycles. The second-order valence-corrected chi connectivity index (χ2v) is 9.28. The van der Waals surface area contributed by atoms with Crippen molar-refractivity contribution in [2.75, 3.05) is 6.61 Å². The number of benzene rings is 1. The van der Waals surface area contributed by atoms with Gasteiger partial charge < -0.3 is 10.1 Å². The summed E-state index contributed by atoms with van der Waals surface area (Å²) < 4.78 is 5.03. The van der Waals surface area contributed by atoms with Crippen molar-refractivity contribution in [2.24, 2.45) is 5.41 Å². The van der Waals surface area contributed by atoms with Gasteiger partial charge in [-0.15, -0.1) is 11.3 Å². The number of carbonyl (C=O) groups is 3. The molecule has 0 aliphatic rings. The van der Waals surface area contributed by atoms with Crippen LogP contribution in [0.5, 0.6) is 0 Å². The number of esters is 1. The van der Waals surface area contributed by atoms with Crippen molar-refractivity contribution in [1.29, 1.82) is 0 Å². The van der Waals surface area contributed by atoms with Gasteiger partial charge in [0.1, 0.15) is 0 Å². The van der Waals surface area contributed by atoms with E-state index in [1.54, 1.807) is 12.1 Å². The molecule has 0 bridgehead atoms. The zero-order valence-corrected chi connectivity index (χ0v) is 18.5. The molecular formula is C19H18Cl3NO4S. The van der Waals surface area contributed by atoms with E-state index in [9.17, 15) is 14.4 Å². The molecule has 28 heavy (non-hydrogen) atoms. The minimum atomic E-state index is -0.833. The standard InChI is InChI=1S/C19H18Cl3NO4S/c1-19(2,3)18(26)23-8-10-4-7-14(28-10)13(24)9-27-17(25)15-11(20)5-6-12(21)16(15)22/h4-7H,8-9H2,1-3H3,(H,23,26). The molecule has 150 valence electrons. The lowest BCUT2D eigenvalue weighted by atomic mass is 9.96. The van der Waals surface area contributed by atoms with Gasteiger partial charge in [-0.25, -0.2) is 4.79 Å². The molecule has 0 spiro atoms. The van der Waals surface area contributed by atoms with Crippen molar-refractivity contribution in [1.82, 2.24) is 5.32 Å². The van der Waals surface area contributed by atoms with Crippen LogP contribution in [0.4, 0.5) is 0 Å². The van der Waals surface area contributed by atoms with Gasteiger partial charge in [0.15, 0.2) is 6.61 Å². The number of thiophene rings is 1. The van der Waals surface area contributed by atoms with Crippen LogP contribution in [0.3, 0.4) is 0 Å². The van der Waals surface area contributed by atoms with Crippen molar-refractivity contribution in [3.63, 3.8) is 0 Å². The molecule has 2 rings (SSSR count). The van der Waals surface area contributed by atoms with E-state index in [1.807, 2.05) is 20.8 Å². The van der Waals surface area contributed by atoms with Crippen LogP contribution in [0, 0.1) is 5.41 Å². The Hall–Kier alpha value is -1.60. The summed E-state index contributed by atoms with van der Waals surface area (Å²) >= 11 is 19.0. The first-order valence-corrected chi connectivity index (χ1v) is 10.2. The van der Waals surface area contributed by atoms with E-state index in [0.29, 0.717) is 11.4 Å². The molecule has 0 unspecified atom stereocenters. The van der Waals surface area contributed by atoms with E-state index in [0.717, 1.165) is 4.88 Å². The summed E-state index contributed by atoms with van der Waals surface area (Å²) in [4.78, 5) is 37.6. The van der Waals surface area contributed by atoms with E-state index in [4.69, 9.17) is 39.5 Å². The lowest BCUT2D eigenvalue weighted by Crippen LogP contribution is -2.34. The van der Waals surface area contributed by atoms with Crippen molar-refractivity contribution in [3.8, 4) is 0 Å². The van der Waals surface area contributed by atoms with Gasteiger partial charge in [-0.05, 0) is 24.3 Å². The summed E-state index contributed by atoms with van der Waals surface area (Å²) in [7, 11) is 0. The molecule has 1 amide bonds. The van der Waals surface area contributed by atoms with E-state index in [1.165, 1.54) is 23.5 Å². The molecule has 0 radical (unpaired) electrons. The lowest BCUT2D eigenvalue weighted by molar-refractivity contribution is -0.128. The number of amides is 1.